The van der Waals surface area contributed by atoms with Gasteiger partial charge in [-0.25, -0.2) is 0 Å². The van der Waals surface area contributed by atoms with Gasteiger partial charge in [0.05, 0.1) is 11.3 Å². The minimum Gasteiger partial charge on any atom is -0.420 e. The molecule has 5 nitrogen and oxygen atoms in total. The van der Waals surface area contributed by atoms with Gasteiger partial charge in [0.2, 0.25) is 0 Å². The van der Waals surface area contributed by atoms with Crippen molar-refractivity contribution in [2.75, 3.05) is 5.32 Å². The van der Waals surface area contributed by atoms with Crippen molar-refractivity contribution in [2.45, 2.75) is 18.9 Å². The summed E-state index contributed by atoms with van der Waals surface area (Å²) in [6.07, 6.45) is 5.76. The molecule has 1 N–H and O–H groups in total. The molecule has 8 heteroatoms. The van der Waals surface area contributed by atoms with Crippen molar-refractivity contribution in [1.82, 2.24) is 9.97 Å². The Hall–Kier alpha value is -3.84. The van der Waals surface area contributed by atoms with Crippen LogP contribution in [0.25, 0.3) is 22.4 Å². The van der Waals surface area contributed by atoms with Gasteiger partial charge in [0.25, 0.3) is 5.91 Å². The van der Waals surface area contributed by atoms with Crippen LogP contribution >= 0.6 is 11.6 Å². The van der Waals surface area contributed by atoms with E-state index in [9.17, 15) is 13.6 Å². The summed E-state index contributed by atoms with van der Waals surface area (Å²) in [6.45, 7) is 2.08. The highest BCUT2D eigenvalue weighted by Gasteiger charge is 2.27. The van der Waals surface area contributed by atoms with Crippen LogP contribution in [0.2, 0.25) is 0 Å². The van der Waals surface area contributed by atoms with Crippen LogP contribution in [0.4, 0.5) is 14.5 Å². The maximum absolute atomic E-state index is 12.9. The zero-order chi connectivity index (χ0) is 24.1. The molecule has 0 spiro atoms. The SMILES string of the molecule is CCc1ccccc1-c1ncc(C(=O)Nc2ccc(OC(F)(F)Cl)cc2)cc1-c1cccnc1. The Morgan fingerprint density at radius 2 is 1.79 bits per heavy atom. The van der Waals surface area contributed by atoms with Gasteiger partial charge in [-0.05, 0) is 48.4 Å². The van der Waals surface area contributed by atoms with Crippen LogP contribution in [0.15, 0.2) is 85.3 Å². The van der Waals surface area contributed by atoms with E-state index in [-0.39, 0.29) is 5.75 Å². The number of benzene rings is 2. The minimum absolute atomic E-state index is 0.127. The number of carbonyl (C=O) groups excluding carboxylic acids is 1. The second-order valence-electron chi connectivity index (χ2n) is 7.40. The molecule has 34 heavy (non-hydrogen) atoms. The Labute approximate surface area is 200 Å². The van der Waals surface area contributed by atoms with Crippen LogP contribution < -0.4 is 10.1 Å². The Kier molecular flexibility index (Phi) is 6.84. The zero-order valence-electron chi connectivity index (χ0n) is 18.1. The standard InChI is InChI=1S/C26H20ClF2N3O2/c1-2-17-6-3-4-8-22(17)24-23(18-7-5-13-30-15-18)14-19(16-31-24)25(33)32-20-9-11-21(12-10-20)34-26(27,28)29/h3-16H,2H2,1H3,(H,32,33). The van der Waals surface area contributed by atoms with E-state index in [0.29, 0.717) is 11.3 Å². The molecule has 4 rings (SSSR count). The van der Waals surface area contributed by atoms with Crippen LogP contribution in [-0.4, -0.2) is 21.4 Å². The Bertz CT molecular complexity index is 1290. The van der Waals surface area contributed by atoms with E-state index in [1.165, 1.54) is 30.5 Å². The molecule has 0 unspecified atom stereocenters. The third kappa shape index (κ3) is 5.55. The minimum atomic E-state index is -3.81. The molecule has 0 atom stereocenters. The van der Waals surface area contributed by atoms with Crippen molar-refractivity contribution in [1.29, 1.82) is 0 Å². The fourth-order valence-electron chi connectivity index (χ4n) is 3.55. The van der Waals surface area contributed by atoms with Gasteiger partial charge < -0.3 is 10.1 Å². The average molecular weight is 480 g/mol. The van der Waals surface area contributed by atoms with E-state index in [4.69, 9.17) is 11.6 Å². The number of carbonyl (C=O) groups is 1. The first-order valence-electron chi connectivity index (χ1n) is 10.5. The highest BCUT2D eigenvalue weighted by atomic mass is 35.5. The molecule has 0 saturated heterocycles. The van der Waals surface area contributed by atoms with Crippen molar-refractivity contribution < 1.29 is 18.3 Å². The summed E-state index contributed by atoms with van der Waals surface area (Å²) in [5.74, 6) is -0.526. The van der Waals surface area contributed by atoms with Gasteiger partial charge in [-0.3, -0.25) is 14.8 Å². The largest absolute Gasteiger partial charge is 0.487 e. The van der Waals surface area contributed by atoms with Gasteiger partial charge in [-0.1, -0.05) is 37.3 Å². The lowest BCUT2D eigenvalue weighted by Crippen LogP contribution is -2.16. The maximum atomic E-state index is 12.9. The van der Waals surface area contributed by atoms with Crippen molar-refractivity contribution in [3.63, 3.8) is 0 Å². The van der Waals surface area contributed by atoms with Crippen LogP contribution in [0.3, 0.4) is 0 Å². The first kappa shape index (κ1) is 23.3. The highest BCUT2D eigenvalue weighted by Crippen LogP contribution is 2.33. The molecule has 0 bridgehead atoms. The topological polar surface area (TPSA) is 64.1 Å². The van der Waals surface area contributed by atoms with Gasteiger partial charge in [0, 0.05) is 52.6 Å². The van der Waals surface area contributed by atoms with Gasteiger partial charge in [0.1, 0.15) is 5.75 Å². The van der Waals surface area contributed by atoms with Crippen LogP contribution in [0, 0.1) is 0 Å². The number of halogens is 3. The van der Waals surface area contributed by atoms with Crippen LogP contribution in [0.1, 0.15) is 22.8 Å². The molecule has 2 aromatic carbocycles. The monoisotopic (exact) mass is 479 g/mol. The molecule has 0 aliphatic heterocycles. The summed E-state index contributed by atoms with van der Waals surface area (Å²) in [5.41, 5.74) is 1.42. The summed E-state index contributed by atoms with van der Waals surface area (Å²) in [6, 6.07) is 19.0. The molecule has 1 amide bonds. The first-order chi connectivity index (χ1) is 16.3. The summed E-state index contributed by atoms with van der Waals surface area (Å²) in [4.78, 5) is 21.8. The average Bonchev–Trinajstić information content (AvgIpc) is 2.84. The number of amides is 1. The lowest BCUT2D eigenvalue weighted by Gasteiger charge is -2.14. The molecule has 0 saturated carbocycles. The molecule has 0 aliphatic rings. The molecule has 0 radical (unpaired) electrons. The number of rotatable bonds is 7. The van der Waals surface area contributed by atoms with Crippen molar-refractivity contribution in [3.8, 4) is 28.1 Å². The summed E-state index contributed by atoms with van der Waals surface area (Å²) < 4.78 is 29.9. The molecule has 172 valence electrons. The van der Waals surface area contributed by atoms with E-state index < -0.39 is 11.5 Å². The number of ether oxygens (including phenoxy) is 1. The summed E-state index contributed by atoms with van der Waals surface area (Å²) >= 11 is 4.78. The van der Waals surface area contributed by atoms with Crippen LogP contribution in [0.5, 0.6) is 5.75 Å². The van der Waals surface area contributed by atoms with Gasteiger partial charge in [-0.15, -0.1) is 8.78 Å². The Morgan fingerprint density at radius 3 is 2.47 bits per heavy atom. The fraction of sp³-hybridized carbons (Fsp3) is 0.115. The van der Waals surface area contributed by atoms with Crippen LogP contribution in [-0.2, 0) is 6.42 Å². The summed E-state index contributed by atoms with van der Waals surface area (Å²) in [7, 11) is 0. The second kappa shape index (κ2) is 9.97. The zero-order valence-corrected chi connectivity index (χ0v) is 18.9. The molecule has 0 aliphatic carbocycles. The number of pyridine rings is 2. The van der Waals surface area contributed by atoms with E-state index in [1.807, 2.05) is 30.3 Å². The number of anilines is 1. The smallest absolute Gasteiger partial charge is 0.420 e. The molecule has 0 fully saturated rings. The highest BCUT2D eigenvalue weighted by molar-refractivity contribution is 6.20. The first-order valence-corrected chi connectivity index (χ1v) is 10.9. The van der Waals surface area contributed by atoms with E-state index >= 15 is 0 Å². The third-order valence-corrected chi connectivity index (χ3v) is 5.20. The van der Waals surface area contributed by atoms with E-state index in [2.05, 4.69) is 33.0 Å². The molecule has 2 heterocycles. The van der Waals surface area contributed by atoms with Crippen molar-refractivity contribution in [3.05, 3.63) is 96.4 Å². The van der Waals surface area contributed by atoms with Crippen molar-refractivity contribution >= 4 is 23.2 Å². The van der Waals surface area contributed by atoms with E-state index in [1.54, 1.807) is 18.5 Å². The van der Waals surface area contributed by atoms with E-state index in [0.717, 1.165) is 34.4 Å². The number of nitrogens with one attached hydrogen (secondary N) is 1. The quantitative estimate of drug-likeness (QED) is 0.296. The van der Waals surface area contributed by atoms with Gasteiger partial charge in [0.15, 0.2) is 0 Å². The number of alkyl halides is 3. The normalized spacial score (nSPS) is 11.2. The molecular formula is C26H20ClF2N3O2. The number of aromatic nitrogens is 2. The maximum Gasteiger partial charge on any atom is 0.487 e. The lowest BCUT2D eigenvalue weighted by molar-refractivity contribution is -0.0964. The number of aryl methyl sites for hydroxylation is 1. The molecular weight excluding hydrogens is 460 g/mol. The number of nitrogens with zero attached hydrogens (tertiary/aromatic N) is 2. The molecule has 2 aromatic heterocycles. The number of hydrogen-bond donors (Lipinski definition) is 1. The fourth-order valence-corrected chi connectivity index (χ4v) is 3.64. The predicted molar refractivity (Wildman–Crippen MR) is 128 cm³/mol. The molecule has 4 aromatic rings. The summed E-state index contributed by atoms with van der Waals surface area (Å²) in [5, 5.41) is 2.74. The van der Waals surface area contributed by atoms with Gasteiger partial charge >= 0.3 is 5.57 Å². The predicted octanol–water partition coefficient (Wildman–Crippen LogP) is 6.79. The van der Waals surface area contributed by atoms with Gasteiger partial charge in [-0.2, -0.15) is 0 Å². The Balaban J connectivity index is 1.66. The second-order valence-corrected chi connectivity index (χ2v) is 7.84. The van der Waals surface area contributed by atoms with Crippen molar-refractivity contribution in [2.24, 2.45) is 0 Å². The lowest BCUT2D eigenvalue weighted by atomic mass is 9.95. The number of hydrogen-bond acceptors (Lipinski definition) is 4. The third-order valence-electron chi connectivity index (χ3n) is 5.12. The Morgan fingerprint density at radius 1 is 1.03 bits per heavy atom.